The summed E-state index contributed by atoms with van der Waals surface area (Å²) < 4.78 is 0. The van der Waals surface area contributed by atoms with Crippen molar-refractivity contribution in [1.29, 1.82) is 0 Å². The third-order valence-corrected chi connectivity index (χ3v) is 6.13. The summed E-state index contributed by atoms with van der Waals surface area (Å²) in [6.07, 6.45) is 1.06. The Bertz CT molecular complexity index is 1020. The topological polar surface area (TPSA) is 48.5 Å². The molecule has 1 amide bonds. The van der Waals surface area contributed by atoms with Crippen molar-refractivity contribution < 1.29 is 4.79 Å². The van der Waals surface area contributed by atoms with Gasteiger partial charge in [0.25, 0.3) is 5.91 Å². The first-order chi connectivity index (χ1) is 14.3. The van der Waals surface area contributed by atoms with Crippen LogP contribution in [0.5, 0.6) is 0 Å². The van der Waals surface area contributed by atoms with E-state index in [-0.39, 0.29) is 30.7 Å². The van der Waals surface area contributed by atoms with Crippen LogP contribution in [0.4, 0.5) is 0 Å². The molecule has 3 heterocycles. The van der Waals surface area contributed by atoms with Crippen LogP contribution >= 0.6 is 24.8 Å². The molecule has 2 saturated heterocycles. The van der Waals surface area contributed by atoms with Crippen molar-refractivity contribution in [2.45, 2.75) is 12.5 Å². The van der Waals surface area contributed by atoms with Crippen molar-refractivity contribution in [3.05, 3.63) is 66.2 Å². The molecule has 0 spiro atoms. The molecule has 0 saturated carbocycles. The molecule has 2 aromatic carbocycles. The van der Waals surface area contributed by atoms with Crippen molar-refractivity contribution >= 4 is 41.6 Å². The van der Waals surface area contributed by atoms with Gasteiger partial charge >= 0.3 is 0 Å². The van der Waals surface area contributed by atoms with Crippen LogP contribution in [0.3, 0.4) is 0 Å². The van der Waals surface area contributed by atoms with Crippen LogP contribution in [-0.2, 0) is 0 Å². The average molecular weight is 459 g/mol. The Balaban J connectivity index is 0.00000136. The first-order valence-corrected chi connectivity index (χ1v) is 10.5. The summed E-state index contributed by atoms with van der Waals surface area (Å²) in [5.74, 6) is 0.124. The number of aromatic nitrogens is 1. The van der Waals surface area contributed by atoms with Gasteiger partial charge in [-0.3, -0.25) is 9.69 Å². The highest BCUT2D eigenvalue weighted by atomic mass is 35.5. The van der Waals surface area contributed by atoms with E-state index < -0.39 is 0 Å². The maximum Gasteiger partial charge on any atom is 0.254 e. The lowest BCUT2D eigenvalue weighted by atomic mass is 10.0. The Labute approximate surface area is 195 Å². The van der Waals surface area contributed by atoms with Crippen LogP contribution in [0.1, 0.15) is 16.8 Å². The van der Waals surface area contributed by atoms with E-state index in [1.54, 1.807) is 0 Å². The molecular weight excluding hydrogens is 431 g/mol. The van der Waals surface area contributed by atoms with Gasteiger partial charge in [0.05, 0.1) is 16.8 Å². The summed E-state index contributed by atoms with van der Waals surface area (Å²) in [5.41, 5.74) is 3.52. The fourth-order valence-electron chi connectivity index (χ4n) is 4.55. The van der Waals surface area contributed by atoms with Gasteiger partial charge in [-0.25, -0.2) is 4.98 Å². The van der Waals surface area contributed by atoms with Gasteiger partial charge in [0.1, 0.15) is 0 Å². The predicted octanol–water partition coefficient (Wildman–Crippen LogP) is 3.87. The van der Waals surface area contributed by atoms with Crippen LogP contribution in [0.15, 0.2) is 60.7 Å². The number of benzene rings is 2. The molecule has 3 aromatic rings. The summed E-state index contributed by atoms with van der Waals surface area (Å²) in [5, 5.41) is 4.34. The number of amides is 1. The van der Waals surface area contributed by atoms with Gasteiger partial charge in [0.2, 0.25) is 0 Å². The molecule has 7 heteroatoms. The molecule has 1 aromatic heterocycles. The third kappa shape index (κ3) is 4.85. The molecular formula is C24H28Cl2N4O. The number of hydrogen-bond acceptors (Lipinski definition) is 4. The molecule has 0 bridgehead atoms. The largest absolute Gasteiger partial charge is 0.337 e. The van der Waals surface area contributed by atoms with E-state index in [1.165, 1.54) is 0 Å². The molecule has 2 aliphatic heterocycles. The number of carbonyl (C=O) groups is 1. The highest BCUT2D eigenvalue weighted by Gasteiger charge is 2.32. The number of fused-ring (bicyclic) bond motifs is 1. The van der Waals surface area contributed by atoms with Crippen molar-refractivity contribution in [3.63, 3.8) is 0 Å². The zero-order chi connectivity index (χ0) is 19.6. The fraction of sp³-hybridized carbons (Fsp3) is 0.333. The Kier molecular flexibility index (Phi) is 7.89. The first-order valence-electron chi connectivity index (χ1n) is 10.5. The number of likely N-dealkylation sites (tertiary alicyclic amines) is 1. The van der Waals surface area contributed by atoms with Crippen LogP contribution in [-0.4, -0.2) is 66.0 Å². The van der Waals surface area contributed by atoms with Gasteiger partial charge in [0, 0.05) is 56.3 Å². The molecule has 0 aliphatic carbocycles. The standard InChI is InChI=1S/C24H26N4O.2ClH/c29-24(28-13-10-19(17-28)27-14-11-25-12-15-27)21-16-23(18-6-2-1-3-7-18)26-22-9-5-4-8-20(21)22;;/h1-9,16,19,25H,10-15,17H2;2*1H. The van der Waals surface area contributed by atoms with Gasteiger partial charge in [-0.1, -0.05) is 48.5 Å². The zero-order valence-corrected chi connectivity index (χ0v) is 19.0. The molecule has 31 heavy (non-hydrogen) atoms. The molecule has 164 valence electrons. The lowest BCUT2D eigenvalue weighted by molar-refractivity contribution is 0.0775. The Morgan fingerprint density at radius 1 is 0.935 bits per heavy atom. The predicted molar refractivity (Wildman–Crippen MR) is 130 cm³/mol. The number of halogens is 2. The third-order valence-electron chi connectivity index (χ3n) is 6.13. The second-order valence-corrected chi connectivity index (χ2v) is 7.92. The molecule has 2 fully saturated rings. The van der Waals surface area contributed by atoms with Gasteiger partial charge in [-0.15, -0.1) is 24.8 Å². The summed E-state index contributed by atoms with van der Waals surface area (Å²) in [6, 6.07) is 20.5. The lowest BCUT2D eigenvalue weighted by Crippen LogP contribution is -2.49. The molecule has 0 radical (unpaired) electrons. The normalized spacial score (nSPS) is 19.0. The maximum absolute atomic E-state index is 13.5. The van der Waals surface area contributed by atoms with Crippen LogP contribution in [0.25, 0.3) is 22.2 Å². The van der Waals surface area contributed by atoms with Crippen LogP contribution in [0.2, 0.25) is 0 Å². The molecule has 1 atom stereocenters. The van der Waals surface area contributed by atoms with Crippen molar-refractivity contribution in [1.82, 2.24) is 20.1 Å². The van der Waals surface area contributed by atoms with Crippen LogP contribution in [0, 0.1) is 0 Å². The second kappa shape index (κ2) is 10.4. The number of nitrogens with zero attached hydrogens (tertiary/aromatic N) is 3. The number of piperazine rings is 1. The molecule has 5 rings (SSSR count). The zero-order valence-electron chi connectivity index (χ0n) is 17.4. The SMILES string of the molecule is Cl.Cl.O=C(c1cc(-c2ccccc2)nc2ccccc12)N1CCC(N2CCNCC2)C1. The summed E-state index contributed by atoms with van der Waals surface area (Å²) in [7, 11) is 0. The number of nitrogens with one attached hydrogen (secondary N) is 1. The molecule has 1 unspecified atom stereocenters. The van der Waals surface area contributed by atoms with Gasteiger partial charge in [-0.05, 0) is 18.6 Å². The van der Waals surface area contributed by atoms with Gasteiger partial charge in [0.15, 0.2) is 0 Å². The summed E-state index contributed by atoms with van der Waals surface area (Å²) in [4.78, 5) is 22.9. The minimum absolute atomic E-state index is 0. The average Bonchev–Trinajstić information content (AvgIpc) is 3.29. The van der Waals surface area contributed by atoms with E-state index in [2.05, 4.69) is 10.2 Å². The van der Waals surface area contributed by atoms with Crippen LogP contribution < -0.4 is 5.32 Å². The molecule has 1 N–H and O–H groups in total. The summed E-state index contributed by atoms with van der Waals surface area (Å²) >= 11 is 0. The minimum atomic E-state index is 0. The van der Waals surface area contributed by atoms with Crippen molar-refractivity contribution in [2.24, 2.45) is 0 Å². The Morgan fingerprint density at radius 3 is 2.42 bits per heavy atom. The Morgan fingerprint density at radius 2 is 1.65 bits per heavy atom. The van der Waals surface area contributed by atoms with Crippen molar-refractivity contribution in [3.8, 4) is 11.3 Å². The first kappa shape index (κ1) is 23.5. The highest BCUT2D eigenvalue weighted by Crippen LogP contribution is 2.27. The van der Waals surface area contributed by atoms with E-state index in [0.717, 1.165) is 73.4 Å². The monoisotopic (exact) mass is 458 g/mol. The van der Waals surface area contributed by atoms with E-state index in [4.69, 9.17) is 4.98 Å². The smallest absolute Gasteiger partial charge is 0.254 e. The quantitative estimate of drug-likeness (QED) is 0.646. The number of hydrogen-bond donors (Lipinski definition) is 1. The highest BCUT2D eigenvalue weighted by molar-refractivity contribution is 6.07. The van der Waals surface area contributed by atoms with Gasteiger partial charge in [-0.2, -0.15) is 0 Å². The van der Waals surface area contributed by atoms with Gasteiger partial charge < -0.3 is 10.2 Å². The second-order valence-electron chi connectivity index (χ2n) is 7.92. The number of pyridine rings is 1. The minimum Gasteiger partial charge on any atom is -0.337 e. The van der Waals surface area contributed by atoms with E-state index in [9.17, 15) is 4.79 Å². The number of para-hydroxylation sites is 1. The molecule has 2 aliphatic rings. The van der Waals surface area contributed by atoms with E-state index in [1.807, 2.05) is 65.6 Å². The summed E-state index contributed by atoms with van der Waals surface area (Å²) in [6.45, 7) is 5.87. The fourth-order valence-corrected chi connectivity index (χ4v) is 4.55. The van der Waals surface area contributed by atoms with E-state index >= 15 is 0 Å². The maximum atomic E-state index is 13.5. The Hall–Kier alpha value is -2.18. The number of rotatable bonds is 3. The van der Waals surface area contributed by atoms with Crippen molar-refractivity contribution in [2.75, 3.05) is 39.3 Å². The number of carbonyl (C=O) groups excluding carboxylic acids is 1. The lowest BCUT2D eigenvalue weighted by Gasteiger charge is -2.32. The van der Waals surface area contributed by atoms with E-state index in [0.29, 0.717) is 6.04 Å². The molecule has 5 nitrogen and oxygen atoms in total.